The Labute approximate surface area is 145 Å². The molecule has 2 aromatic heterocycles. The molecular formula is C21H21N3O. The molecule has 0 amide bonds. The van der Waals surface area contributed by atoms with Crippen LogP contribution in [-0.2, 0) is 6.42 Å². The number of fused-ring (bicyclic) bond motifs is 2. The Morgan fingerprint density at radius 3 is 2.68 bits per heavy atom. The van der Waals surface area contributed by atoms with Crippen molar-refractivity contribution < 1.29 is 0 Å². The molecule has 4 heteroatoms. The second-order valence-electron chi connectivity index (χ2n) is 6.69. The molecule has 1 unspecified atom stereocenters. The highest BCUT2D eigenvalue weighted by atomic mass is 16.1. The average molecular weight is 331 g/mol. The maximum atomic E-state index is 12.6. The minimum atomic E-state index is 0.0357. The molecule has 4 aromatic rings. The molecule has 4 nitrogen and oxygen atoms in total. The first-order chi connectivity index (χ1) is 12.2. The van der Waals surface area contributed by atoms with Crippen LogP contribution in [0.1, 0.15) is 43.1 Å². The van der Waals surface area contributed by atoms with Crippen LogP contribution in [0.3, 0.4) is 0 Å². The lowest BCUT2D eigenvalue weighted by Gasteiger charge is -2.07. The molecule has 0 aliphatic rings. The van der Waals surface area contributed by atoms with Gasteiger partial charge in [0.2, 0.25) is 0 Å². The van der Waals surface area contributed by atoms with Gasteiger partial charge < -0.3 is 4.98 Å². The molecular weight excluding hydrogens is 310 g/mol. The molecule has 2 heterocycles. The Balaban J connectivity index is 1.73. The third-order valence-corrected chi connectivity index (χ3v) is 4.94. The summed E-state index contributed by atoms with van der Waals surface area (Å²) in [5, 5.41) is 10.5. The summed E-state index contributed by atoms with van der Waals surface area (Å²) in [5.41, 5.74) is 3.67. The predicted octanol–water partition coefficient (Wildman–Crippen LogP) is 4.51. The van der Waals surface area contributed by atoms with Crippen LogP contribution in [0.15, 0.2) is 53.3 Å². The summed E-state index contributed by atoms with van der Waals surface area (Å²) in [7, 11) is 0. The number of rotatable bonds is 4. The highest BCUT2D eigenvalue weighted by molar-refractivity contribution is 5.83. The summed E-state index contributed by atoms with van der Waals surface area (Å²) >= 11 is 0. The third kappa shape index (κ3) is 2.84. The van der Waals surface area contributed by atoms with Crippen LogP contribution in [0.5, 0.6) is 0 Å². The summed E-state index contributed by atoms with van der Waals surface area (Å²) in [4.78, 5) is 15.9. The van der Waals surface area contributed by atoms with Gasteiger partial charge in [-0.3, -0.25) is 9.89 Å². The van der Waals surface area contributed by atoms with Gasteiger partial charge in [0.05, 0.1) is 11.1 Å². The van der Waals surface area contributed by atoms with E-state index >= 15 is 0 Å². The second kappa shape index (κ2) is 6.20. The molecule has 0 saturated heterocycles. The van der Waals surface area contributed by atoms with Gasteiger partial charge in [0, 0.05) is 18.2 Å². The molecule has 4 rings (SSSR count). The molecule has 0 spiro atoms. The van der Waals surface area contributed by atoms with E-state index in [2.05, 4.69) is 59.4 Å². The van der Waals surface area contributed by atoms with Gasteiger partial charge in [0.1, 0.15) is 0 Å². The molecule has 25 heavy (non-hydrogen) atoms. The molecule has 0 aliphatic heterocycles. The zero-order chi connectivity index (χ0) is 17.4. The summed E-state index contributed by atoms with van der Waals surface area (Å²) in [6.07, 6.45) is 1.65. The first-order valence-corrected chi connectivity index (χ1v) is 8.73. The van der Waals surface area contributed by atoms with Crippen molar-refractivity contribution in [2.75, 3.05) is 0 Å². The molecule has 0 radical (unpaired) electrons. The Morgan fingerprint density at radius 1 is 1.08 bits per heavy atom. The number of nitrogens with zero attached hydrogens (tertiary/aromatic N) is 1. The number of pyridine rings is 1. The Morgan fingerprint density at radius 2 is 1.88 bits per heavy atom. The number of aromatic nitrogens is 3. The van der Waals surface area contributed by atoms with Crippen molar-refractivity contribution in [3.8, 4) is 0 Å². The van der Waals surface area contributed by atoms with Crippen LogP contribution in [0, 0.1) is 0 Å². The minimum Gasteiger partial charge on any atom is -0.341 e. The van der Waals surface area contributed by atoms with E-state index in [1.54, 1.807) is 6.07 Å². The molecule has 1 atom stereocenters. The standard InChI is InChI=1S/C21H21N3O/c1-3-13(2)20-19-18(25)12-17(22-21(19)24-23-20)11-14-8-9-15-6-4-5-7-16(15)10-14/h4-10,12-13H,3,11H2,1-2H3,(H2,22,23,24,25). The quantitative estimate of drug-likeness (QED) is 0.578. The molecule has 0 aliphatic carbocycles. The SMILES string of the molecule is CCC(C)c1[nH]nc2[nH]c(Cc3ccc4ccccc4c3)cc(=O)c12. The maximum absolute atomic E-state index is 12.6. The van der Waals surface area contributed by atoms with Crippen molar-refractivity contribution in [1.29, 1.82) is 0 Å². The number of H-pyrrole nitrogens is 2. The Hall–Kier alpha value is -2.88. The third-order valence-electron chi connectivity index (χ3n) is 4.94. The van der Waals surface area contributed by atoms with E-state index < -0.39 is 0 Å². The zero-order valence-corrected chi connectivity index (χ0v) is 14.5. The lowest BCUT2D eigenvalue weighted by atomic mass is 10.0. The monoisotopic (exact) mass is 331 g/mol. The van der Waals surface area contributed by atoms with Gasteiger partial charge in [-0.15, -0.1) is 0 Å². The summed E-state index contributed by atoms with van der Waals surface area (Å²) in [6, 6.07) is 16.4. The fourth-order valence-corrected chi connectivity index (χ4v) is 3.34. The first kappa shape index (κ1) is 15.6. The summed E-state index contributed by atoms with van der Waals surface area (Å²) < 4.78 is 0. The topological polar surface area (TPSA) is 61.5 Å². The largest absolute Gasteiger partial charge is 0.341 e. The van der Waals surface area contributed by atoms with Crippen molar-refractivity contribution >= 4 is 21.8 Å². The smallest absolute Gasteiger partial charge is 0.193 e. The van der Waals surface area contributed by atoms with Gasteiger partial charge >= 0.3 is 0 Å². The van der Waals surface area contributed by atoms with Gasteiger partial charge in [0.25, 0.3) is 0 Å². The molecule has 126 valence electrons. The molecule has 0 bridgehead atoms. The number of aromatic amines is 2. The van der Waals surface area contributed by atoms with Crippen LogP contribution < -0.4 is 5.43 Å². The number of hydrogen-bond donors (Lipinski definition) is 2. The van der Waals surface area contributed by atoms with Gasteiger partial charge in [-0.2, -0.15) is 5.10 Å². The Kier molecular flexibility index (Phi) is 3.88. The van der Waals surface area contributed by atoms with E-state index in [1.807, 2.05) is 12.1 Å². The highest BCUT2D eigenvalue weighted by Crippen LogP contribution is 2.23. The van der Waals surface area contributed by atoms with E-state index in [-0.39, 0.29) is 11.3 Å². The van der Waals surface area contributed by atoms with Crippen molar-refractivity contribution in [2.45, 2.75) is 32.6 Å². The molecule has 2 N–H and O–H groups in total. The van der Waals surface area contributed by atoms with Gasteiger partial charge in [-0.05, 0) is 28.7 Å². The Bertz CT molecular complexity index is 1110. The first-order valence-electron chi connectivity index (χ1n) is 8.73. The lowest BCUT2D eigenvalue weighted by Crippen LogP contribution is -2.07. The van der Waals surface area contributed by atoms with E-state index in [0.717, 1.165) is 17.8 Å². The van der Waals surface area contributed by atoms with Crippen LogP contribution in [-0.4, -0.2) is 15.2 Å². The normalized spacial score (nSPS) is 12.7. The lowest BCUT2D eigenvalue weighted by molar-refractivity contribution is 0.708. The summed E-state index contributed by atoms with van der Waals surface area (Å²) in [6.45, 7) is 4.22. The zero-order valence-electron chi connectivity index (χ0n) is 14.5. The minimum absolute atomic E-state index is 0.0357. The van der Waals surface area contributed by atoms with Gasteiger partial charge in [0.15, 0.2) is 11.1 Å². The fourth-order valence-electron chi connectivity index (χ4n) is 3.34. The van der Waals surface area contributed by atoms with Gasteiger partial charge in [-0.25, -0.2) is 0 Å². The van der Waals surface area contributed by atoms with Crippen LogP contribution in [0.2, 0.25) is 0 Å². The van der Waals surface area contributed by atoms with Crippen LogP contribution >= 0.6 is 0 Å². The van der Waals surface area contributed by atoms with Crippen LogP contribution in [0.25, 0.3) is 21.8 Å². The van der Waals surface area contributed by atoms with Crippen molar-refractivity contribution in [3.05, 3.63) is 75.7 Å². The van der Waals surface area contributed by atoms with E-state index in [9.17, 15) is 4.79 Å². The molecule has 0 saturated carbocycles. The second-order valence-corrected chi connectivity index (χ2v) is 6.69. The van der Waals surface area contributed by atoms with E-state index in [0.29, 0.717) is 17.5 Å². The average Bonchev–Trinajstić information content (AvgIpc) is 3.05. The predicted molar refractivity (Wildman–Crippen MR) is 102 cm³/mol. The van der Waals surface area contributed by atoms with E-state index in [4.69, 9.17) is 0 Å². The fraction of sp³-hybridized carbons (Fsp3) is 0.238. The van der Waals surface area contributed by atoms with E-state index in [1.165, 1.54) is 16.3 Å². The number of benzene rings is 2. The van der Waals surface area contributed by atoms with Gasteiger partial charge in [-0.1, -0.05) is 56.3 Å². The summed E-state index contributed by atoms with van der Waals surface area (Å²) in [5.74, 6) is 0.289. The van der Waals surface area contributed by atoms with Crippen molar-refractivity contribution in [3.63, 3.8) is 0 Å². The maximum Gasteiger partial charge on any atom is 0.193 e. The number of hydrogen-bond acceptors (Lipinski definition) is 2. The van der Waals surface area contributed by atoms with Crippen LogP contribution in [0.4, 0.5) is 0 Å². The molecule has 0 fully saturated rings. The highest BCUT2D eigenvalue weighted by Gasteiger charge is 2.15. The number of nitrogens with one attached hydrogen (secondary N) is 2. The van der Waals surface area contributed by atoms with Crippen molar-refractivity contribution in [1.82, 2.24) is 15.2 Å². The van der Waals surface area contributed by atoms with Crippen molar-refractivity contribution in [2.24, 2.45) is 0 Å². The molecule has 2 aromatic carbocycles.